The second-order valence-electron chi connectivity index (χ2n) is 11.3. The summed E-state index contributed by atoms with van der Waals surface area (Å²) in [7, 11) is 0. The second-order valence-corrected chi connectivity index (χ2v) is 13.5. The fourth-order valence-electron chi connectivity index (χ4n) is 6.78. The van der Waals surface area contributed by atoms with Crippen LogP contribution in [0.4, 0.5) is 17.1 Å². The zero-order chi connectivity index (χ0) is 28.8. The molecule has 0 N–H and O–H groups in total. The van der Waals surface area contributed by atoms with Crippen molar-refractivity contribution in [2.24, 2.45) is 0 Å². The topological polar surface area (TPSA) is 16.4 Å². The summed E-state index contributed by atoms with van der Waals surface area (Å²) < 4.78 is 11.8. The van der Waals surface area contributed by atoms with Gasteiger partial charge in [-0.05, 0) is 83.6 Å². The molecule has 206 valence electrons. The van der Waals surface area contributed by atoms with Gasteiger partial charge in [-0.25, -0.2) is 0 Å². The number of rotatable bonds is 3. The number of benzene rings is 7. The molecule has 0 aliphatic rings. The van der Waals surface area contributed by atoms with E-state index in [9.17, 15) is 0 Å². The van der Waals surface area contributed by atoms with Crippen molar-refractivity contribution in [3.63, 3.8) is 0 Å². The van der Waals surface area contributed by atoms with Crippen molar-refractivity contribution < 1.29 is 4.42 Å². The SMILES string of the molecule is c1ccc(N(c2ccc3c(c2)oc2ccc4c5cc6ccccc6cc5sc4c23)c2ccc3sc4ccccc4c3c2)cc1. The van der Waals surface area contributed by atoms with Crippen molar-refractivity contribution in [3.8, 4) is 0 Å². The van der Waals surface area contributed by atoms with Crippen LogP contribution in [-0.2, 0) is 0 Å². The van der Waals surface area contributed by atoms with Gasteiger partial charge in [0.05, 0.1) is 0 Å². The molecule has 44 heavy (non-hydrogen) atoms. The largest absolute Gasteiger partial charge is 0.456 e. The third-order valence-electron chi connectivity index (χ3n) is 8.82. The van der Waals surface area contributed by atoms with Crippen LogP contribution in [0.15, 0.2) is 144 Å². The highest BCUT2D eigenvalue weighted by atomic mass is 32.1. The van der Waals surface area contributed by atoms with Crippen LogP contribution < -0.4 is 4.90 Å². The summed E-state index contributed by atoms with van der Waals surface area (Å²) in [5.74, 6) is 0. The lowest BCUT2D eigenvalue weighted by Gasteiger charge is -2.25. The number of fused-ring (bicyclic) bond motifs is 11. The number of para-hydroxylation sites is 1. The summed E-state index contributed by atoms with van der Waals surface area (Å²) in [4.78, 5) is 2.33. The summed E-state index contributed by atoms with van der Waals surface area (Å²) in [5, 5.41) is 10.1. The molecule has 0 atom stereocenters. The molecule has 0 saturated heterocycles. The molecule has 0 fully saturated rings. The van der Waals surface area contributed by atoms with Gasteiger partial charge in [-0.1, -0.05) is 60.7 Å². The van der Waals surface area contributed by atoms with E-state index in [0.29, 0.717) is 0 Å². The van der Waals surface area contributed by atoms with Crippen LogP contribution >= 0.6 is 22.7 Å². The molecule has 0 bridgehead atoms. The molecular weight excluding hydrogens is 575 g/mol. The van der Waals surface area contributed by atoms with Crippen molar-refractivity contribution in [1.29, 1.82) is 0 Å². The van der Waals surface area contributed by atoms with Gasteiger partial charge in [0, 0.05) is 74.2 Å². The van der Waals surface area contributed by atoms with Gasteiger partial charge in [0.15, 0.2) is 0 Å². The van der Waals surface area contributed by atoms with E-state index < -0.39 is 0 Å². The summed E-state index contributed by atoms with van der Waals surface area (Å²) >= 11 is 3.71. The lowest BCUT2D eigenvalue weighted by atomic mass is 10.0. The van der Waals surface area contributed by atoms with E-state index in [-0.39, 0.29) is 0 Å². The van der Waals surface area contributed by atoms with E-state index in [1.165, 1.54) is 56.5 Å². The van der Waals surface area contributed by atoms with Crippen molar-refractivity contribution in [2.75, 3.05) is 4.90 Å². The van der Waals surface area contributed by atoms with Crippen molar-refractivity contribution >= 4 is 113 Å². The Labute approximate surface area is 260 Å². The first-order chi connectivity index (χ1) is 21.8. The lowest BCUT2D eigenvalue weighted by molar-refractivity contribution is 0.669. The molecular formula is C40H23NOS2. The van der Waals surface area contributed by atoms with Gasteiger partial charge < -0.3 is 9.32 Å². The van der Waals surface area contributed by atoms with Gasteiger partial charge >= 0.3 is 0 Å². The Bertz CT molecular complexity index is 2730. The molecule has 0 aliphatic carbocycles. The van der Waals surface area contributed by atoms with E-state index >= 15 is 0 Å². The number of nitrogens with zero attached hydrogens (tertiary/aromatic N) is 1. The van der Waals surface area contributed by atoms with Crippen molar-refractivity contribution in [1.82, 2.24) is 0 Å². The summed E-state index contributed by atoms with van der Waals surface area (Å²) in [5.41, 5.74) is 5.14. The van der Waals surface area contributed by atoms with Crippen molar-refractivity contribution in [2.45, 2.75) is 0 Å². The van der Waals surface area contributed by atoms with Crippen LogP contribution in [0.1, 0.15) is 0 Å². The van der Waals surface area contributed by atoms with Crippen molar-refractivity contribution in [3.05, 3.63) is 140 Å². The first-order valence-corrected chi connectivity index (χ1v) is 16.4. The molecule has 0 aliphatic heterocycles. The fourth-order valence-corrected chi connectivity index (χ4v) is 9.16. The quantitative estimate of drug-likeness (QED) is 0.201. The maximum absolute atomic E-state index is 6.59. The van der Waals surface area contributed by atoms with Crippen LogP contribution in [0.25, 0.3) is 73.1 Å². The predicted molar refractivity (Wildman–Crippen MR) is 192 cm³/mol. The Morgan fingerprint density at radius 1 is 0.409 bits per heavy atom. The molecule has 3 heterocycles. The number of anilines is 3. The van der Waals surface area contributed by atoms with E-state index in [1.807, 2.05) is 22.7 Å². The maximum Gasteiger partial charge on any atom is 0.137 e. The fraction of sp³-hybridized carbons (Fsp3) is 0. The number of hydrogen-bond acceptors (Lipinski definition) is 4. The Balaban J connectivity index is 1.19. The first kappa shape index (κ1) is 24.3. The van der Waals surface area contributed by atoms with Crippen LogP contribution in [0.3, 0.4) is 0 Å². The number of hydrogen-bond donors (Lipinski definition) is 0. The molecule has 10 rings (SSSR count). The van der Waals surface area contributed by atoms with Gasteiger partial charge in [-0.3, -0.25) is 0 Å². The molecule has 0 unspecified atom stereocenters. The normalized spacial score (nSPS) is 12.1. The molecule has 0 spiro atoms. The summed E-state index contributed by atoms with van der Waals surface area (Å²) in [6.07, 6.45) is 0. The van der Waals surface area contributed by atoms with Crippen LogP contribution in [0, 0.1) is 0 Å². The minimum absolute atomic E-state index is 0.899. The molecule has 4 heteroatoms. The number of furan rings is 1. The zero-order valence-electron chi connectivity index (χ0n) is 23.5. The van der Waals surface area contributed by atoms with Crippen LogP contribution in [-0.4, -0.2) is 0 Å². The molecule has 3 aromatic heterocycles. The van der Waals surface area contributed by atoms with Gasteiger partial charge in [0.25, 0.3) is 0 Å². The molecule has 0 saturated carbocycles. The Kier molecular flexibility index (Phi) is 5.06. The zero-order valence-corrected chi connectivity index (χ0v) is 25.1. The molecule has 10 aromatic rings. The molecule has 0 radical (unpaired) electrons. The average molecular weight is 598 g/mol. The monoisotopic (exact) mass is 597 g/mol. The number of thiophene rings is 2. The summed E-state index contributed by atoms with van der Waals surface area (Å²) in [6.45, 7) is 0. The van der Waals surface area contributed by atoms with Crippen LogP contribution in [0.2, 0.25) is 0 Å². The average Bonchev–Trinajstić information content (AvgIpc) is 3.74. The molecule has 2 nitrogen and oxygen atoms in total. The molecule has 0 amide bonds. The molecule has 7 aromatic carbocycles. The minimum Gasteiger partial charge on any atom is -0.456 e. The Morgan fingerprint density at radius 3 is 2.02 bits per heavy atom. The highest BCUT2D eigenvalue weighted by Gasteiger charge is 2.19. The predicted octanol–water partition coefficient (Wildman–Crippen LogP) is 12.9. The maximum atomic E-state index is 6.59. The van der Waals surface area contributed by atoms with E-state index in [4.69, 9.17) is 4.42 Å². The van der Waals surface area contributed by atoms with Crippen LogP contribution in [0.5, 0.6) is 0 Å². The van der Waals surface area contributed by atoms with Gasteiger partial charge in [-0.15, -0.1) is 22.7 Å². The highest BCUT2D eigenvalue weighted by molar-refractivity contribution is 7.27. The van der Waals surface area contributed by atoms with E-state index in [0.717, 1.165) is 33.6 Å². The van der Waals surface area contributed by atoms with Gasteiger partial charge in [-0.2, -0.15) is 0 Å². The Morgan fingerprint density at radius 2 is 1.11 bits per heavy atom. The second kappa shape index (κ2) is 9.17. The van der Waals surface area contributed by atoms with Gasteiger partial charge in [0.1, 0.15) is 11.2 Å². The standard InChI is InChI=1S/C40H23NOS2/c1-2-10-26(11-3-1)41(27-15-19-37-33(22-27)29-12-6-7-13-36(29)43-37)28-14-16-31-35(23-28)42-34-18-17-30-32-20-24-8-4-5-9-25(24)21-38(32)44-40(30)39(31)34/h1-23H. The third kappa shape index (κ3) is 3.53. The van der Waals surface area contributed by atoms with E-state index in [1.54, 1.807) is 0 Å². The Hall–Kier alpha value is -5.16. The first-order valence-electron chi connectivity index (χ1n) is 14.8. The van der Waals surface area contributed by atoms with E-state index in [2.05, 4.69) is 144 Å². The lowest BCUT2D eigenvalue weighted by Crippen LogP contribution is -2.09. The minimum atomic E-state index is 0.899. The summed E-state index contributed by atoms with van der Waals surface area (Å²) in [6, 6.07) is 50.4. The van der Waals surface area contributed by atoms with Gasteiger partial charge in [0.2, 0.25) is 0 Å². The smallest absolute Gasteiger partial charge is 0.137 e. The highest BCUT2D eigenvalue weighted by Crippen LogP contribution is 2.46. The third-order valence-corrected chi connectivity index (χ3v) is 11.2.